The Balaban J connectivity index is 1.75. The summed E-state index contributed by atoms with van der Waals surface area (Å²) < 4.78 is 39.8. The van der Waals surface area contributed by atoms with Gasteiger partial charge in [-0.05, 0) is 49.6 Å². The van der Waals surface area contributed by atoms with Gasteiger partial charge < -0.3 is 20.9 Å². The highest BCUT2D eigenvalue weighted by atomic mass is 19.4. The van der Waals surface area contributed by atoms with Crippen LogP contribution in [-0.4, -0.2) is 42.1 Å². The van der Waals surface area contributed by atoms with Crippen LogP contribution in [0, 0.1) is 0 Å². The summed E-state index contributed by atoms with van der Waals surface area (Å²) in [6, 6.07) is 5.06. The number of benzene rings is 1. The molecule has 10 heteroatoms. The second-order valence-electron chi connectivity index (χ2n) is 8.27. The van der Waals surface area contributed by atoms with Gasteiger partial charge in [-0.15, -0.1) is 0 Å². The van der Waals surface area contributed by atoms with Gasteiger partial charge in [0.05, 0.1) is 23.3 Å². The Bertz CT molecular complexity index is 1120. The number of anilines is 4. The Hall–Kier alpha value is -3.30. The molecule has 1 aromatic carbocycles. The van der Waals surface area contributed by atoms with Crippen LogP contribution in [0.25, 0.3) is 10.9 Å². The van der Waals surface area contributed by atoms with Crippen molar-refractivity contribution in [3.05, 3.63) is 41.6 Å². The molecule has 2 aromatic heterocycles. The maximum absolute atomic E-state index is 13.3. The minimum absolute atomic E-state index is 0.0607. The molecule has 0 unspecified atom stereocenters. The number of pyridine rings is 1. The molecule has 0 amide bonds. The molecule has 1 fully saturated rings. The third kappa shape index (κ3) is 4.49. The minimum atomic E-state index is -4.47. The van der Waals surface area contributed by atoms with Crippen molar-refractivity contribution in [2.45, 2.75) is 32.0 Å². The zero-order chi connectivity index (χ0) is 23.0. The molecule has 0 spiro atoms. The van der Waals surface area contributed by atoms with Gasteiger partial charge in [-0.1, -0.05) is 0 Å². The van der Waals surface area contributed by atoms with E-state index in [0.717, 1.165) is 49.3 Å². The summed E-state index contributed by atoms with van der Waals surface area (Å²) in [4.78, 5) is 17.7. The fraction of sp³-hybridized carbons (Fsp3) is 0.409. The number of nitrogens with zero attached hydrogens (tertiary/aromatic N) is 5. The SMILES string of the molecule is C[C@@H](Nc1nc(N(C)C)nc2cnc(N3CCCC3)cc12)c1cc(N)cc(C(F)(F)F)c1. The first kappa shape index (κ1) is 21.9. The van der Waals surface area contributed by atoms with E-state index in [1.165, 1.54) is 0 Å². The molecule has 0 radical (unpaired) electrons. The van der Waals surface area contributed by atoms with Crippen LogP contribution in [0.15, 0.2) is 30.5 Å². The van der Waals surface area contributed by atoms with E-state index >= 15 is 0 Å². The molecule has 1 saturated heterocycles. The topological polar surface area (TPSA) is 83.2 Å². The molecule has 4 rings (SSSR count). The standard InChI is InChI=1S/C22H26F3N7/c1-13(14-8-15(22(23,24)25)10-16(26)9-14)28-20-17-11-19(32-6-4-5-7-32)27-12-18(17)29-21(30-20)31(2)3/h8-13H,4-7,26H2,1-3H3,(H,28,29,30)/t13-/m1/s1. The van der Waals surface area contributed by atoms with Crippen molar-refractivity contribution in [3.63, 3.8) is 0 Å². The summed E-state index contributed by atoms with van der Waals surface area (Å²) in [5.74, 6) is 1.85. The van der Waals surface area contributed by atoms with E-state index < -0.39 is 17.8 Å². The van der Waals surface area contributed by atoms with Gasteiger partial charge in [-0.25, -0.2) is 9.97 Å². The number of rotatable bonds is 5. The van der Waals surface area contributed by atoms with E-state index in [1.807, 2.05) is 20.2 Å². The summed E-state index contributed by atoms with van der Waals surface area (Å²) in [5, 5.41) is 4.04. The second kappa shape index (κ2) is 8.33. The average Bonchev–Trinajstić information content (AvgIpc) is 3.27. The van der Waals surface area contributed by atoms with E-state index in [9.17, 15) is 13.2 Å². The number of hydrogen-bond donors (Lipinski definition) is 2. The lowest BCUT2D eigenvalue weighted by molar-refractivity contribution is -0.137. The van der Waals surface area contributed by atoms with Gasteiger partial charge in [0.25, 0.3) is 0 Å². The minimum Gasteiger partial charge on any atom is -0.399 e. The molecule has 0 bridgehead atoms. The highest BCUT2D eigenvalue weighted by Crippen LogP contribution is 2.34. The van der Waals surface area contributed by atoms with Crippen LogP contribution in [0.2, 0.25) is 0 Å². The fourth-order valence-corrected chi connectivity index (χ4v) is 3.82. The quantitative estimate of drug-likeness (QED) is 0.561. The number of nitrogen functional groups attached to an aromatic ring is 1. The number of hydrogen-bond acceptors (Lipinski definition) is 7. The van der Waals surface area contributed by atoms with Crippen molar-refractivity contribution in [2.75, 3.05) is 48.0 Å². The Morgan fingerprint density at radius 2 is 1.81 bits per heavy atom. The summed E-state index contributed by atoms with van der Waals surface area (Å²) in [5.41, 5.74) is 6.12. The molecule has 170 valence electrons. The van der Waals surface area contributed by atoms with Gasteiger partial charge in [-0.3, -0.25) is 0 Å². The lowest BCUT2D eigenvalue weighted by Gasteiger charge is -2.21. The second-order valence-corrected chi connectivity index (χ2v) is 8.27. The molecule has 1 aliphatic rings. The third-order valence-corrected chi connectivity index (χ3v) is 5.54. The molecule has 0 saturated carbocycles. The molecule has 1 atom stereocenters. The predicted octanol–water partition coefficient (Wildman–Crippen LogP) is 4.47. The van der Waals surface area contributed by atoms with Gasteiger partial charge in [0.15, 0.2) is 0 Å². The molecule has 3 heterocycles. The van der Waals surface area contributed by atoms with Crippen LogP contribution in [0.1, 0.15) is 36.9 Å². The van der Waals surface area contributed by atoms with E-state index in [-0.39, 0.29) is 5.69 Å². The van der Waals surface area contributed by atoms with Crippen LogP contribution in [-0.2, 0) is 6.18 Å². The van der Waals surface area contributed by atoms with E-state index in [4.69, 9.17) is 5.73 Å². The Labute approximate surface area is 184 Å². The lowest BCUT2D eigenvalue weighted by atomic mass is 10.0. The predicted molar refractivity (Wildman–Crippen MR) is 121 cm³/mol. The highest BCUT2D eigenvalue weighted by Gasteiger charge is 2.31. The maximum atomic E-state index is 13.3. The highest BCUT2D eigenvalue weighted by molar-refractivity contribution is 5.91. The van der Waals surface area contributed by atoms with Gasteiger partial charge in [0, 0.05) is 38.3 Å². The number of aromatic nitrogens is 3. The first-order valence-electron chi connectivity index (χ1n) is 10.5. The van der Waals surface area contributed by atoms with Crippen LogP contribution >= 0.6 is 0 Å². The van der Waals surface area contributed by atoms with E-state index in [1.54, 1.807) is 24.1 Å². The zero-order valence-electron chi connectivity index (χ0n) is 18.2. The van der Waals surface area contributed by atoms with Gasteiger partial charge in [0.1, 0.15) is 11.6 Å². The van der Waals surface area contributed by atoms with E-state index in [0.29, 0.717) is 22.8 Å². The van der Waals surface area contributed by atoms with Gasteiger partial charge in [0.2, 0.25) is 5.95 Å². The molecule has 3 aromatic rings. The zero-order valence-corrected chi connectivity index (χ0v) is 18.2. The number of nitrogens with two attached hydrogens (primary N) is 1. The van der Waals surface area contributed by atoms with Crippen LogP contribution in [0.5, 0.6) is 0 Å². The molecular formula is C22H26F3N7. The normalized spacial score (nSPS) is 15.2. The first-order chi connectivity index (χ1) is 15.1. The lowest BCUT2D eigenvalue weighted by Crippen LogP contribution is -2.19. The summed E-state index contributed by atoms with van der Waals surface area (Å²) in [6.45, 7) is 3.66. The number of halogens is 3. The van der Waals surface area contributed by atoms with Gasteiger partial charge in [-0.2, -0.15) is 18.2 Å². The van der Waals surface area contributed by atoms with Crippen LogP contribution < -0.4 is 20.9 Å². The van der Waals surface area contributed by atoms with Crippen molar-refractivity contribution in [2.24, 2.45) is 0 Å². The summed E-state index contributed by atoms with van der Waals surface area (Å²) >= 11 is 0. The molecule has 7 nitrogen and oxygen atoms in total. The third-order valence-electron chi connectivity index (χ3n) is 5.54. The average molecular weight is 445 g/mol. The summed E-state index contributed by atoms with van der Waals surface area (Å²) in [6.07, 6.45) is -0.514. The van der Waals surface area contributed by atoms with Crippen molar-refractivity contribution in [1.82, 2.24) is 15.0 Å². The van der Waals surface area contributed by atoms with Crippen molar-refractivity contribution >= 4 is 34.2 Å². The van der Waals surface area contributed by atoms with Crippen LogP contribution in [0.3, 0.4) is 0 Å². The largest absolute Gasteiger partial charge is 0.416 e. The van der Waals surface area contributed by atoms with Crippen LogP contribution in [0.4, 0.5) is 36.4 Å². The van der Waals surface area contributed by atoms with Crippen molar-refractivity contribution in [3.8, 4) is 0 Å². The number of fused-ring (bicyclic) bond motifs is 1. The number of nitrogens with one attached hydrogen (secondary N) is 1. The van der Waals surface area contributed by atoms with E-state index in [2.05, 4.69) is 25.2 Å². The van der Waals surface area contributed by atoms with Crippen molar-refractivity contribution in [1.29, 1.82) is 0 Å². The van der Waals surface area contributed by atoms with Crippen molar-refractivity contribution < 1.29 is 13.2 Å². The Morgan fingerprint density at radius 1 is 1.09 bits per heavy atom. The molecule has 1 aliphatic heterocycles. The smallest absolute Gasteiger partial charge is 0.399 e. The Morgan fingerprint density at radius 3 is 2.47 bits per heavy atom. The maximum Gasteiger partial charge on any atom is 0.416 e. The molecule has 32 heavy (non-hydrogen) atoms. The van der Waals surface area contributed by atoms with Gasteiger partial charge >= 0.3 is 6.18 Å². The monoisotopic (exact) mass is 445 g/mol. The Kier molecular flexibility index (Phi) is 5.70. The number of alkyl halides is 3. The molecule has 3 N–H and O–H groups in total. The fourth-order valence-electron chi connectivity index (χ4n) is 3.82. The first-order valence-corrected chi connectivity index (χ1v) is 10.5. The molecular weight excluding hydrogens is 419 g/mol. The molecule has 0 aliphatic carbocycles. The summed E-state index contributed by atoms with van der Waals surface area (Å²) in [7, 11) is 3.65.